The molecule has 64 valence electrons. The number of fused-ring (bicyclic) bond motifs is 1. The van der Waals surface area contributed by atoms with Gasteiger partial charge in [-0.15, -0.1) is 0 Å². The quantitative estimate of drug-likeness (QED) is 0.613. The van der Waals surface area contributed by atoms with E-state index in [1.54, 1.807) is 0 Å². The van der Waals surface area contributed by atoms with Crippen LogP contribution in [-0.2, 0) is 20.0 Å². The molecule has 0 spiro atoms. The first-order valence-corrected chi connectivity index (χ1v) is 4.16. The van der Waals surface area contributed by atoms with Crippen molar-refractivity contribution in [2.24, 2.45) is 7.05 Å². The summed E-state index contributed by atoms with van der Waals surface area (Å²) in [4.78, 5) is 10.7. The van der Waals surface area contributed by atoms with Crippen molar-refractivity contribution in [1.82, 2.24) is 9.88 Å². The number of aryl methyl sites for hydroxylation is 1. The van der Waals surface area contributed by atoms with Gasteiger partial charge < -0.3 is 9.88 Å². The molecule has 3 heteroatoms. The number of nitrogens with zero attached hydrogens (tertiary/aromatic N) is 1. The summed E-state index contributed by atoms with van der Waals surface area (Å²) in [5.41, 5.74) is 3.34. The highest BCUT2D eigenvalue weighted by molar-refractivity contribution is 5.78. The van der Waals surface area contributed by atoms with E-state index in [-0.39, 0.29) is 0 Å². The summed E-state index contributed by atoms with van der Waals surface area (Å²) in [7, 11) is 1.98. The summed E-state index contributed by atoms with van der Waals surface area (Å²) in [6.07, 6.45) is 3.83. The maximum atomic E-state index is 10.7. The molecule has 2 heterocycles. The summed E-state index contributed by atoms with van der Waals surface area (Å²) in [6, 6.07) is 0. The summed E-state index contributed by atoms with van der Waals surface area (Å²) >= 11 is 0. The zero-order valence-electron chi connectivity index (χ0n) is 7.13. The largest absolute Gasteiger partial charge is 0.352 e. The minimum absolute atomic E-state index is 0.856. The third-order valence-corrected chi connectivity index (χ3v) is 2.43. The van der Waals surface area contributed by atoms with Crippen LogP contribution in [0.5, 0.6) is 0 Å². The summed E-state index contributed by atoms with van der Waals surface area (Å²) < 4.78 is 2.03. The Hall–Kier alpha value is -1.09. The lowest BCUT2D eigenvalue weighted by Crippen LogP contribution is -2.24. The molecule has 0 saturated carbocycles. The molecular weight excluding hydrogens is 152 g/mol. The van der Waals surface area contributed by atoms with Crippen LogP contribution >= 0.6 is 0 Å². The van der Waals surface area contributed by atoms with E-state index in [0.717, 1.165) is 31.4 Å². The van der Waals surface area contributed by atoms with Crippen LogP contribution in [0.2, 0.25) is 0 Å². The molecule has 1 aromatic rings. The zero-order chi connectivity index (χ0) is 8.55. The predicted molar refractivity (Wildman–Crippen MR) is 46.2 cm³/mol. The van der Waals surface area contributed by atoms with E-state index in [0.29, 0.717) is 0 Å². The highest BCUT2D eigenvalue weighted by Crippen LogP contribution is 2.18. The topological polar surface area (TPSA) is 34.0 Å². The summed E-state index contributed by atoms with van der Waals surface area (Å²) in [6.45, 7) is 1.87. The molecule has 0 saturated heterocycles. The third-order valence-electron chi connectivity index (χ3n) is 2.43. The number of hydrogen-bond acceptors (Lipinski definition) is 2. The molecule has 0 fully saturated rings. The molecule has 2 rings (SSSR count). The lowest BCUT2D eigenvalue weighted by atomic mass is 10.1. The third kappa shape index (κ3) is 0.975. The van der Waals surface area contributed by atoms with Crippen molar-refractivity contribution < 1.29 is 4.79 Å². The van der Waals surface area contributed by atoms with E-state index < -0.39 is 0 Å². The van der Waals surface area contributed by atoms with Gasteiger partial charge in [0.2, 0.25) is 0 Å². The van der Waals surface area contributed by atoms with Gasteiger partial charge >= 0.3 is 0 Å². The van der Waals surface area contributed by atoms with Gasteiger partial charge in [-0.3, -0.25) is 4.79 Å². The van der Waals surface area contributed by atoms with Gasteiger partial charge in [0.15, 0.2) is 6.29 Å². The van der Waals surface area contributed by atoms with E-state index in [9.17, 15) is 4.79 Å². The van der Waals surface area contributed by atoms with Crippen LogP contribution in [0.25, 0.3) is 0 Å². The first-order chi connectivity index (χ1) is 5.83. The number of aromatic nitrogens is 1. The second-order valence-corrected chi connectivity index (χ2v) is 3.17. The van der Waals surface area contributed by atoms with Gasteiger partial charge in [0.25, 0.3) is 0 Å². The molecule has 0 atom stereocenters. The fourth-order valence-electron chi connectivity index (χ4n) is 1.79. The number of nitrogens with one attached hydrogen (secondary N) is 1. The molecule has 0 bridgehead atoms. The zero-order valence-corrected chi connectivity index (χ0v) is 7.13. The van der Waals surface area contributed by atoms with Crippen molar-refractivity contribution in [3.8, 4) is 0 Å². The standard InChI is InChI=1S/C9H12N2O/c1-11-5-7(6-12)8-2-3-10-4-9(8)11/h5-6,10H,2-4H2,1H3. The molecule has 3 nitrogen and oxygen atoms in total. The molecule has 12 heavy (non-hydrogen) atoms. The van der Waals surface area contributed by atoms with Crippen LogP contribution in [0, 0.1) is 0 Å². The second kappa shape index (κ2) is 2.75. The Balaban J connectivity index is 2.53. The van der Waals surface area contributed by atoms with Gasteiger partial charge in [-0.1, -0.05) is 0 Å². The van der Waals surface area contributed by atoms with E-state index in [1.807, 2.05) is 17.8 Å². The van der Waals surface area contributed by atoms with Crippen molar-refractivity contribution in [1.29, 1.82) is 0 Å². The maximum absolute atomic E-state index is 10.7. The van der Waals surface area contributed by atoms with Crippen LogP contribution in [0.3, 0.4) is 0 Å². The van der Waals surface area contributed by atoms with Gasteiger partial charge in [0.1, 0.15) is 0 Å². The molecule has 0 aliphatic carbocycles. The highest BCUT2D eigenvalue weighted by atomic mass is 16.1. The Bertz CT molecular complexity index is 315. The molecular formula is C9H12N2O. The average molecular weight is 164 g/mol. The summed E-state index contributed by atoms with van der Waals surface area (Å²) in [5.74, 6) is 0. The smallest absolute Gasteiger partial charge is 0.151 e. The van der Waals surface area contributed by atoms with Gasteiger partial charge in [0, 0.05) is 31.0 Å². The molecule has 0 radical (unpaired) electrons. The number of hydrogen-bond donors (Lipinski definition) is 1. The van der Waals surface area contributed by atoms with Crippen molar-refractivity contribution in [2.45, 2.75) is 13.0 Å². The fraction of sp³-hybridized carbons (Fsp3) is 0.444. The Morgan fingerprint density at radius 3 is 3.25 bits per heavy atom. The molecule has 1 aliphatic heterocycles. The van der Waals surface area contributed by atoms with Crippen LogP contribution in [-0.4, -0.2) is 17.4 Å². The summed E-state index contributed by atoms with van der Waals surface area (Å²) in [5, 5.41) is 3.28. The van der Waals surface area contributed by atoms with Crippen molar-refractivity contribution in [2.75, 3.05) is 6.54 Å². The lowest BCUT2D eigenvalue weighted by molar-refractivity contribution is 0.112. The van der Waals surface area contributed by atoms with Gasteiger partial charge in [-0.05, 0) is 18.5 Å². The Kier molecular flexibility index (Phi) is 1.73. The van der Waals surface area contributed by atoms with Crippen LogP contribution in [0.4, 0.5) is 0 Å². The molecule has 1 aromatic heterocycles. The van der Waals surface area contributed by atoms with Crippen LogP contribution < -0.4 is 5.32 Å². The Morgan fingerprint density at radius 2 is 2.50 bits per heavy atom. The first-order valence-electron chi connectivity index (χ1n) is 4.16. The molecule has 1 N–H and O–H groups in total. The Labute approximate surface area is 71.4 Å². The molecule has 1 aliphatic rings. The number of aldehydes is 1. The number of carbonyl (C=O) groups excluding carboxylic acids is 1. The van der Waals surface area contributed by atoms with Gasteiger partial charge in [-0.25, -0.2) is 0 Å². The first kappa shape index (κ1) is 7.55. The van der Waals surface area contributed by atoms with Crippen LogP contribution in [0.15, 0.2) is 6.20 Å². The predicted octanol–water partition coefficient (Wildman–Crippen LogP) is 0.483. The van der Waals surface area contributed by atoms with Crippen molar-refractivity contribution >= 4 is 6.29 Å². The van der Waals surface area contributed by atoms with Crippen molar-refractivity contribution in [3.05, 3.63) is 23.0 Å². The average Bonchev–Trinajstić information content (AvgIpc) is 2.44. The van der Waals surface area contributed by atoms with E-state index >= 15 is 0 Å². The minimum atomic E-state index is 0.856. The van der Waals surface area contributed by atoms with Gasteiger partial charge in [-0.2, -0.15) is 0 Å². The number of rotatable bonds is 1. The van der Waals surface area contributed by atoms with E-state index in [4.69, 9.17) is 0 Å². The normalized spacial score (nSPS) is 15.8. The monoisotopic (exact) mass is 164 g/mol. The SMILES string of the molecule is Cn1cc(C=O)c2c1CNCC2. The van der Waals surface area contributed by atoms with Crippen LogP contribution in [0.1, 0.15) is 21.6 Å². The highest BCUT2D eigenvalue weighted by Gasteiger charge is 2.15. The van der Waals surface area contributed by atoms with Crippen molar-refractivity contribution in [3.63, 3.8) is 0 Å². The minimum Gasteiger partial charge on any atom is -0.352 e. The maximum Gasteiger partial charge on any atom is 0.151 e. The molecule has 0 amide bonds. The number of carbonyl (C=O) groups is 1. The molecule has 0 unspecified atom stereocenters. The fourth-order valence-corrected chi connectivity index (χ4v) is 1.79. The second-order valence-electron chi connectivity index (χ2n) is 3.17. The van der Waals surface area contributed by atoms with E-state index in [1.165, 1.54) is 11.3 Å². The molecule has 0 aromatic carbocycles. The van der Waals surface area contributed by atoms with E-state index in [2.05, 4.69) is 5.32 Å². The van der Waals surface area contributed by atoms with Gasteiger partial charge in [0.05, 0.1) is 0 Å². The Morgan fingerprint density at radius 1 is 1.67 bits per heavy atom. The lowest BCUT2D eigenvalue weighted by Gasteiger charge is -2.14.